The van der Waals surface area contributed by atoms with Crippen molar-refractivity contribution < 1.29 is 17.1 Å². The second-order valence-electron chi connectivity index (χ2n) is 7.31. The van der Waals surface area contributed by atoms with Crippen molar-refractivity contribution in [3.63, 3.8) is 0 Å². The molecule has 2 rings (SSSR count). The second-order valence-corrected chi connectivity index (χ2v) is 7.31. The topological polar surface area (TPSA) is 26.0 Å². The summed E-state index contributed by atoms with van der Waals surface area (Å²) < 4.78 is 0. The zero-order valence-electron chi connectivity index (χ0n) is 18.7. The fourth-order valence-corrected chi connectivity index (χ4v) is 2.98. The van der Waals surface area contributed by atoms with Crippen molar-refractivity contribution in [1.29, 1.82) is 0 Å². The van der Waals surface area contributed by atoms with Crippen molar-refractivity contribution in [3.05, 3.63) is 60.7 Å². The number of unbranched alkanes of at least 4 members (excludes halogenated alkanes) is 13. The van der Waals surface area contributed by atoms with Gasteiger partial charge in [-0.3, -0.25) is 0 Å². The molecule has 1 nitrogen and oxygen atoms in total. The van der Waals surface area contributed by atoms with Gasteiger partial charge in [0.15, 0.2) is 0 Å². The van der Waals surface area contributed by atoms with Gasteiger partial charge in [0.2, 0.25) is 0 Å². The molecular weight excluding hydrogens is 462 g/mol. The summed E-state index contributed by atoms with van der Waals surface area (Å²) in [5.74, 6) is 0. The molecule has 0 heterocycles. The molecule has 0 aliphatic rings. The largest absolute Gasteiger partial charge is 0.748 e. The summed E-state index contributed by atoms with van der Waals surface area (Å²) in [5, 5.41) is 0. The van der Waals surface area contributed by atoms with Crippen molar-refractivity contribution in [1.82, 2.24) is 0 Å². The molecule has 0 atom stereocenters. The standard InChI is InChI=1S/C16H35N.2C5H5.BrH.Fe/c1-2-3-4-5-6-7-8-9-10-11-12-13-14-15-16-17;2*1-2-4-5-3-1;;/h2-17H2,1H3;2*1-5H;1H;/q;-5;-1;;. The maximum Gasteiger partial charge on any atom is 0 e. The van der Waals surface area contributed by atoms with Crippen LogP contribution in [0.4, 0.5) is 0 Å². The van der Waals surface area contributed by atoms with Gasteiger partial charge in [-0.25, -0.2) is 12.1 Å². The van der Waals surface area contributed by atoms with Crippen molar-refractivity contribution in [2.45, 2.75) is 96.8 Å². The van der Waals surface area contributed by atoms with E-state index >= 15 is 0 Å². The number of halogens is 1. The molecule has 0 saturated carbocycles. The maximum atomic E-state index is 5.47. The van der Waals surface area contributed by atoms with Gasteiger partial charge in [0.05, 0.1) is 0 Å². The Balaban J connectivity index is -0.000000455. The zero-order chi connectivity index (χ0) is 19.7. The van der Waals surface area contributed by atoms with Crippen LogP contribution in [0.25, 0.3) is 0 Å². The van der Waals surface area contributed by atoms with E-state index in [0.29, 0.717) is 0 Å². The van der Waals surface area contributed by atoms with Crippen molar-refractivity contribution in [2.75, 3.05) is 6.54 Å². The van der Waals surface area contributed by atoms with Crippen LogP contribution in [0.2, 0.25) is 0 Å². The molecule has 176 valence electrons. The monoisotopic (exact) mass is 507 g/mol. The first-order valence-corrected chi connectivity index (χ1v) is 11.4. The van der Waals surface area contributed by atoms with E-state index in [0.717, 1.165) is 6.54 Å². The third kappa shape index (κ3) is 32.5. The molecule has 0 bridgehead atoms. The Hall–Kier alpha value is -0.341. The Labute approximate surface area is 203 Å². The van der Waals surface area contributed by atoms with Gasteiger partial charge in [0.1, 0.15) is 0 Å². The van der Waals surface area contributed by atoms with E-state index in [1.54, 1.807) is 0 Å². The average molecular weight is 508 g/mol. The third-order valence-electron chi connectivity index (χ3n) is 4.67. The first-order valence-electron chi connectivity index (χ1n) is 11.4. The van der Waals surface area contributed by atoms with Gasteiger partial charge >= 0.3 is 0 Å². The van der Waals surface area contributed by atoms with Crippen molar-refractivity contribution in [3.8, 4) is 0 Å². The molecule has 29 heavy (non-hydrogen) atoms. The van der Waals surface area contributed by atoms with Crippen molar-refractivity contribution in [2.24, 2.45) is 5.73 Å². The molecule has 0 aliphatic carbocycles. The quantitative estimate of drug-likeness (QED) is 0.154. The molecule has 0 fully saturated rings. The van der Waals surface area contributed by atoms with Crippen LogP contribution in [0, 0.1) is 0 Å². The molecular formula is C26H46BrFeN-6. The minimum Gasteiger partial charge on any atom is -0.748 e. The van der Waals surface area contributed by atoms with Crippen LogP contribution in [0.1, 0.15) is 96.8 Å². The van der Waals surface area contributed by atoms with E-state index < -0.39 is 0 Å². The van der Waals surface area contributed by atoms with Crippen LogP contribution in [0.3, 0.4) is 0 Å². The van der Waals surface area contributed by atoms with E-state index in [9.17, 15) is 0 Å². The van der Waals surface area contributed by atoms with E-state index in [4.69, 9.17) is 5.73 Å². The van der Waals surface area contributed by atoms with E-state index in [2.05, 4.69) is 6.92 Å². The van der Waals surface area contributed by atoms with Gasteiger partial charge in [-0.2, -0.15) is 18.2 Å². The summed E-state index contributed by atoms with van der Waals surface area (Å²) >= 11 is 0. The van der Waals surface area contributed by atoms with Gasteiger partial charge in [-0.15, -0.1) is 17.0 Å². The summed E-state index contributed by atoms with van der Waals surface area (Å²) in [6.07, 6.45) is 19.9. The molecule has 0 spiro atoms. The van der Waals surface area contributed by atoms with Crippen LogP contribution in [-0.2, 0) is 17.1 Å². The fraction of sp³-hybridized carbons (Fsp3) is 0.615. The van der Waals surface area contributed by atoms with Crippen LogP contribution in [0.15, 0.2) is 60.7 Å². The Morgan fingerprint density at radius 1 is 0.552 bits per heavy atom. The number of hydrogen-bond acceptors (Lipinski definition) is 1. The molecule has 2 aromatic carbocycles. The molecule has 0 unspecified atom stereocenters. The normalized spacial score (nSPS) is 9.17. The Morgan fingerprint density at radius 3 is 1.10 bits per heavy atom. The average Bonchev–Trinajstić information content (AvgIpc) is 3.44. The van der Waals surface area contributed by atoms with Gasteiger partial charge in [0, 0.05) is 17.1 Å². The fourth-order valence-electron chi connectivity index (χ4n) is 2.98. The summed E-state index contributed by atoms with van der Waals surface area (Å²) in [6.45, 7) is 3.16. The third-order valence-corrected chi connectivity index (χ3v) is 4.67. The Kier molecular flexibility index (Phi) is 37.1. The molecule has 2 aromatic rings. The van der Waals surface area contributed by atoms with Crippen LogP contribution in [0.5, 0.6) is 0 Å². The minimum atomic E-state index is 0. The molecule has 0 saturated heterocycles. The molecule has 0 radical (unpaired) electrons. The maximum absolute atomic E-state index is 5.47. The molecule has 0 aromatic heterocycles. The minimum absolute atomic E-state index is 0. The molecule has 0 amide bonds. The second kappa shape index (κ2) is 32.3. The number of rotatable bonds is 14. The van der Waals surface area contributed by atoms with E-state index in [1.165, 1.54) is 89.9 Å². The van der Waals surface area contributed by atoms with Gasteiger partial charge < -0.3 is 36.1 Å². The van der Waals surface area contributed by atoms with Crippen LogP contribution in [-0.4, -0.2) is 6.54 Å². The molecule has 3 heteroatoms. The Bertz CT molecular complexity index is 339. The predicted molar refractivity (Wildman–Crippen MR) is 134 cm³/mol. The van der Waals surface area contributed by atoms with E-state index in [-0.39, 0.29) is 34.1 Å². The summed E-state index contributed by atoms with van der Waals surface area (Å²) in [6, 6.07) is 20.0. The van der Waals surface area contributed by atoms with Crippen LogP contribution >= 0.6 is 17.0 Å². The van der Waals surface area contributed by atoms with Gasteiger partial charge in [-0.1, -0.05) is 90.4 Å². The summed E-state index contributed by atoms with van der Waals surface area (Å²) in [4.78, 5) is 0. The van der Waals surface area contributed by atoms with Crippen molar-refractivity contribution >= 4 is 17.0 Å². The number of hydrogen-bond donors (Lipinski definition) is 1. The van der Waals surface area contributed by atoms with Crippen LogP contribution < -0.4 is 5.73 Å². The summed E-state index contributed by atoms with van der Waals surface area (Å²) in [5.41, 5.74) is 5.47. The van der Waals surface area contributed by atoms with E-state index in [1.807, 2.05) is 60.7 Å². The van der Waals surface area contributed by atoms with Gasteiger partial charge in [-0.05, 0) is 13.0 Å². The number of nitrogens with two attached hydrogens (primary N) is 1. The smallest absolute Gasteiger partial charge is 0 e. The molecule has 0 aliphatic heterocycles. The first-order chi connectivity index (χ1) is 13.4. The summed E-state index contributed by atoms with van der Waals surface area (Å²) in [7, 11) is 0. The molecule has 2 N–H and O–H groups in total. The van der Waals surface area contributed by atoms with Gasteiger partial charge in [0.25, 0.3) is 0 Å². The zero-order valence-corrected chi connectivity index (χ0v) is 21.5. The first kappa shape index (κ1) is 33.3. The SMILES string of the molecule is Br.CCCCCCCCCCCCCCCCN.[Fe].[cH-]1[cH-][cH-][cH-][cH-]1.c1cc[cH-]c1. The predicted octanol–water partition coefficient (Wildman–Crippen LogP) is 8.81. The Morgan fingerprint density at radius 2 is 0.862 bits per heavy atom.